The molecular weight excluding hydrogens is 244 g/mol. The van der Waals surface area contributed by atoms with Crippen LogP contribution in [0.2, 0.25) is 0 Å². The Morgan fingerprint density at radius 1 is 1.68 bits per heavy atom. The summed E-state index contributed by atoms with van der Waals surface area (Å²) in [5.74, 6) is 0.111. The number of aromatic nitrogens is 2. The molecule has 0 aromatic carbocycles. The number of hydrogen-bond donors (Lipinski definition) is 1. The van der Waals surface area contributed by atoms with Gasteiger partial charge in [0.25, 0.3) is 0 Å². The van der Waals surface area contributed by atoms with Crippen molar-refractivity contribution in [2.24, 2.45) is 5.73 Å². The first-order valence-corrected chi connectivity index (χ1v) is 6.68. The highest BCUT2D eigenvalue weighted by Crippen LogP contribution is 2.10. The maximum Gasteiger partial charge on any atom is 0.224 e. The zero-order valence-electron chi connectivity index (χ0n) is 11.6. The molecule has 6 heteroatoms. The van der Waals surface area contributed by atoms with Gasteiger partial charge in [-0.1, -0.05) is 0 Å². The van der Waals surface area contributed by atoms with Gasteiger partial charge in [-0.15, -0.1) is 0 Å². The number of nitrogens with zero attached hydrogens (tertiary/aromatic N) is 3. The summed E-state index contributed by atoms with van der Waals surface area (Å²) >= 11 is 0. The number of carbonyl (C=O) groups excluding carboxylic acids is 1. The number of rotatable bonds is 4. The van der Waals surface area contributed by atoms with Crippen LogP contribution in [0.25, 0.3) is 0 Å². The largest absolute Gasteiger partial charge is 0.373 e. The molecule has 2 N–H and O–H groups in total. The summed E-state index contributed by atoms with van der Waals surface area (Å²) in [6, 6.07) is -0.0949. The zero-order chi connectivity index (χ0) is 13.8. The van der Waals surface area contributed by atoms with Crippen LogP contribution in [-0.2, 0) is 16.1 Å². The molecule has 0 radical (unpaired) electrons. The SMILES string of the molecule is Cc1cnn(CC2CN(C(=O)CC(C)N)CCO2)c1. The minimum Gasteiger partial charge on any atom is -0.373 e. The van der Waals surface area contributed by atoms with Crippen LogP contribution < -0.4 is 5.73 Å². The minimum atomic E-state index is -0.0949. The van der Waals surface area contributed by atoms with E-state index in [0.29, 0.717) is 32.7 Å². The van der Waals surface area contributed by atoms with Crippen LogP contribution >= 0.6 is 0 Å². The molecule has 6 nitrogen and oxygen atoms in total. The van der Waals surface area contributed by atoms with E-state index in [0.717, 1.165) is 5.56 Å². The van der Waals surface area contributed by atoms with Gasteiger partial charge in [0.2, 0.25) is 5.91 Å². The second-order valence-electron chi connectivity index (χ2n) is 5.25. The summed E-state index contributed by atoms with van der Waals surface area (Å²) in [7, 11) is 0. The fourth-order valence-corrected chi connectivity index (χ4v) is 2.24. The van der Waals surface area contributed by atoms with Crippen LogP contribution in [0.5, 0.6) is 0 Å². The van der Waals surface area contributed by atoms with Gasteiger partial charge in [-0.05, 0) is 19.4 Å². The van der Waals surface area contributed by atoms with Crippen molar-refractivity contribution in [3.63, 3.8) is 0 Å². The molecule has 2 heterocycles. The molecule has 1 aromatic rings. The average Bonchev–Trinajstić information content (AvgIpc) is 2.74. The van der Waals surface area contributed by atoms with Gasteiger partial charge in [-0.25, -0.2) is 0 Å². The lowest BCUT2D eigenvalue weighted by atomic mass is 10.2. The summed E-state index contributed by atoms with van der Waals surface area (Å²) in [6.07, 6.45) is 4.20. The number of hydrogen-bond acceptors (Lipinski definition) is 4. The first-order valence-electron chi connectivity index (χ1n) is 6.68. The zero-order valence-corrected chi connectivity index (χ0v) is 11.6. The number of amides is 1. The molecule has 1 fully saturated rings. The van der Waals surface area contributed by atoms with Crippen molar-refractivity contribution in [2.75, 3.05) is 19.7 Å². The van der Waals surface area contributed by atoms with Gasteiger partial charge in [-0.3, -0.25) is 9.48 Å². The topological polar surface area (TPSA) is 73.4 Å². The van der Waals surface area contributed by atoms with Crippen molar-refractivity contribution >= 4 is 5.91 Å². The van der Waals surface area contributed by atoms with E-state index < -0.39 is 0 Å². The Balaban J connectivity index is 1.88. The Morgan fingerprint density at radius 3 is 3.11 bits per heavy atom. The normalized spacial score (nSPS) is 21.4. The summed E-state index contributed by atoms with van der Waals surface area (Å²) in [5.41, 5.74) is 6.79. The monoisotopic (exact) mass is 266 g/mol. The van der Waals surface area contributed by atoms with Gasteiger partial charge in [0.05, 0.1) is 25.5 Å². The van der Waals surface area contributed by atoms with E-state index in [1.807, 2.05) is 35.8 Å². The van der Waals surface area contributed by atoms with Gasteiger partial charge in [-0.2, -0.15) is 5.10 Å². The molecule has 2 unspecified atom stereocenters. The average molecular weight is 266 g/mol. The van der Waals surface area contributed by atoms with Crippen LogP contribution in [0, 0.1) is 6.92 Å². The van der Waals surface area contributed by atoms with Gasteiger partial charge in [0.1, 0.15) is 0 Å². The fraction of sp³-hybridized carbons (Fsp3) is 0.692. The van der Waals surface area contributed by atoms with Gasteiger partial charge < -0.3 is 15.4 Å². The maximum absolute atomic E-state index is 12.0. The van der Waals surface area contributed by atoms with Crippen molar-refractivity contribution < 1.29 is 9.53 Å². The first-order chi connectivity index (χ1) is 9.04. The van der Waals surface area contributed by atoms with Crippen molar-refractivity contribution in [2.45, 2.75) is 39.0 Å². The van der Waals surface area contributed by atoms with Crippen molar-refractivity contribution in [1.29, 1.82) is 0 Å². The Labute approximate surface area is 113 Å². The van der Waals surface area contributed by atoms with Crippen molar-refractivity contribution in [3.8, 4) is 0 Å². The van der Waals surface area contributed by atoms with Crippen LogP contribution in [0.1, 0.15) is 18.9 Å². The summed E-state index contributed by atoms with van der Waals surface area (Å²) in [4.78, 5) is 13.8. The predicted octanol–water partition coefficient (Wildman–Crippen LogP) is 0.156. The molecule has 1 saturated heterocycles. The Kier molecular flexibility index (Phi) is 4.55. The van der Waals surface area contributed by atoms with E-state index >= 15 is 0 Å². The molecule has 1 aliphatic rings. The third kappa shape index (κ3) is 4.04. The van der Waals surface area contributed by atoms with Crippen LogP contribution in [0.15, 0.2) is 12.4 Å². The fourth-order valence-electron chi connectivity index (χ4n) is 2.24. The van der Waals surface area contributed by atoms with E-state index in [1.165, 1.54) is 0 Å². The molecule has 19 heavy (non-hydrogen) atoms. The van der Waals surface area contributed by atoms with Crippen LogP contribution in [0.4, 0.5) is 0 Å². The van der Waals surface area contributed by atoms with Crippen LogP contribution in [-0.4, -0.2) is 52.4 Å². The van der Waals surface area contributed by atoms with Gasteiger partial charge >= 0.3 is 0 Å². The quantitative estimate of drug-likeness (QED) is 0.842. The Hall–Kier alpha value is -1.40. The molecule has 0 aliphatic carbocycles. The van der Waals surface area contributed by atoms with Crippen LogP contribution in [0.3, 0.4) is 0 Å². The molecule has 106 valence electrons. The molecule has 2 rings (SSSR count). The van der Waals surface area contributed by atoms with E-state index in [2.05, 4.69) is 5.10 Å². The number of ether oxygens (including phenoxy) is 1. The molecule has 2 atom stereocenters. The second kappa shape index (κ2) is 6.16. The standard InChI is InChI=1S/C13H22N4O2/c1-10-6-15-17(7-10)9-12-8-16(3-4-19-12)13(18)5-11(2)14/h6-7,11-12H,3-5,8-9,14H2,1-2H3. The van der Waals surface area contributed by atoms with E-state index in [9.17, 15) is 4.79 Å². The lowest BCUT2D eigenvalue weighted by Gasteiger charge is -2.33. The molecule has 1 aromatic heterocycles. The molecule has 1 aliphatic heterocycles. The van der Waals surface area contributed by atoms with Gasteiger partial charge in [0, 0.05) is 31.7 Å². The predicted molar refractivity (Wildman–Crippen MR) is 71.6 cm³/mol. The second-order valence-corrected chi connectivity index (χ2v) is 5.25. The molecular formula is C13H22N4O2. The molecule has 0 saturated carbocycles. The number of aryl methyl sites for hydroxylation is 1. The smallest absolute Gasteiger partial charge is 0.224 e. The lowest BCUT2D eigenvalue weighted by Crippen LogP contribution is -2.48. The van der Waals surface area contributed by atoms with Crippen molar-refractivity contribution in [3.05, 3.63) is 18.0 Å². The summed E-state index contributed by atoms with van der Waals surface area (Å²) in [5, 5.41) is 4.24. The number of nitrogens with two attached hydrogens (primary N) is 1. The van der Waals surface area contributed by atoms with E-state index in [4.69, 9.17) is 10.5 Å². The lowest BCUT2D eigenvalue weighted by molar-refractivity contribution is -0.139. The molecule has 1 amide bonds. The first kappa shape index (κ1) is 14.0. The highest BCUT2D eigenvalue weighted by Gasteiger charge is 2.24. The molecule has 0 spiro atoms. The maximum atomic E-state index is 12.0. The summed E-state index contributed by atoms with van der Waals surface area (Å²) in [6.45, 7) is 6.38. The minimum absolute atomic E-state index is 0.00470. The number of carbonyl (C=O) groups is 1. The molecule has 0 bridgehead atoms. The number of morpholine rings is 1. The van der Waals surface area contributed by atoms with E-state index in [1.54, 1.807) is 0 Å². The highest BCUT2D eigenvalue weighted by atomic mass is 16.5. The highest BCUT2D eigenvalue weighted by molar-refractivity contribution is 5.76. The van der Waals surface area contributed by atoms with E-state index in [-0.39, 0.29) is 18.1 Å². The Bertz CT molecular complexity index is 430. The van der Waals surface area contributed by atoms with Gasteiger partial charge in [0.15, 0.2) is 0 Å². The third-order valence-electron chi connectivity index (χ3n) is 3.14. The Morgan fingerprint density at radius 2 is 2.47 bits per heavy atom. The summed E-state index contributed by atoms with van der Waals surface area (Å²) < 4.78 is 7.55. The van der Waals surface area contributed by atoms with Crippen molar-refractivity contribution in [1.82, 2.24) is 14.7 Å². The third-order valence-corrected chi connectivity index (χ3v) is 3.14.